The summed E-state index contributed by atoms with van der Waals surface area (Å²) in [6, 6.07) is 12.2. The van der Waals surface area contributed by atoms with E-state index in [1.54, 1.807) is 12.1 Å². The number of carbonyl (C=O) groups is 1. The van der Waals surface area contributed by atoms with Crippen LogP contribution >= 0.6 is 11.6 Å². The molecule has 0 aliphatic heterocycles. The van der Waals surface area contributed by atoms with E-state index >= 15 is 0 Å². The number of hydrogen-bond acceptors (Lipinski definition) is 5. The predicted molar refractivity (Wildman–Crippen MR) is 91.1 cm³/mol. The van der Waals surface area contributed by atoms with E-state index in [-0.39, 0.29) is 16.2 Å². The first-order valence-corrected chi connectivity index (χ1v) is 9.18. The van der Waals surface area contributed by atoms with Crippen LogP contribution < -0.4 is 4.18 Å². The molecule has 0 saturated carbocycles. The Kier molecular flexibility index (Phi) is 6.23. The van der Waals surface area contributed by atoms with Crippen molar-refractivity contribution < 1.29 is 22.1 Å². The molecule has 0 heterocycles. The number of aryl methyl sites for hydroxylation is 1. The first kappa shape index (κ1) is 18.3. The molecule has 0 aliphatic carbocycles. The number of esters is 1. The van der Waals surface area contributed by atoms with Gasteiger partial charge in [0.15, 0.2) is 0 Å². The molecule has 2 aromatic rings. The van der Waals surface area contributed by atoms with Gasteiger partial charge in [-0.15, -0.1) is 11.6 Å². The Hall–Kier alpha value is -2.05. The molecule has 0 bridgehead atoms. The van der Waals surface area contributed by atoms with Gasteiger partial charge in [0, 0.05) is 5.88 Å². The van der Waals surface area contributed by atoms with Crippen LogP contribution in [0.5, 0.6) is 5.75 Å². The highest BCUT2D eigenvalue weighted by molar-refractivity contribution is 7.87. The van der Waals surface area contributed by atoms with Crippen molar-refractivity contribution in [3.05, 3.63) is 59.7 Å². The van der Waals surface area contributed by atoms with Gasteiger partial charge in [0.2, 0.25) is 0 Å². The van der Waals surface area contributed by atoms with Gasteiger partial charge in [-0.3, -0.25) is 0 Å². The van der Waals surface area contributed by atoms with E-state index in [0.717, 1.165) is 18.4 Å². The Morgan fingerprint density at radius 1 is 1.12 bits per heavy atom. The maximum absolute atomic E-state index is 12.3. The Balaban J connectivity index is 2.17. The highest BCUT2D eigenvalue weighted by Gasteiger charge is 2.17. The standard InChI is InChI=1S/C17H17ClO5S/c1-22-17(19)14-5-2-6-15(12-14)23-24(20,21)16-9-7-13(8-10-16)4-3-11-18/h2,5-10,12H,3-4,11H2,1H3. The third-order valence-corrected chi connectivity index (χ3v) is 4.80. The Morgan fingerprint density at radius 2 is 1.83 bits per heavy atom. The fourth-order valence-corrected chi connectivity index (χ4v) is 3.12. The van der Waals surface area contributed by atoms with Gasteiger partial charge >= 0.3 is 16.1 Å². The molecule has 128 valence electrons. The maximum atomic E-state index is 12.3. The number of halogens is 1. The monoisotopic (exact) mass is 368 g/mol. The fraction of sp³-hybridized carbons (Fsp3) is 0.235. The van der Waals surface area contributed by atoms with Gasteiger partial charge in [-0.05, 0) is 48.7 Å². The molecule has 0 fully saturated rings. The van der Waals surface area contributed by atoms with E-state index in [2.05, 4.69) is 4.74 Å². The van der Waals surface area contributed by atoms with E-state index in [9.17, 15) is 13.2 Å². The fourth-order valence-electron chi connectivity index (χ4n) is 2.06. The van der Waals surface area contributed by atoms with Crippen LogP contribution in [0.4, 0.5) is 0 Å². The first-order valence-electron chi connectivity index (χ1n) is 7.24. The summed E-state index contributed by atoms with van der Waals surface area (Å²) in [7, 11) is -2.73. The zero-order valence-corrected chi connectivity index (χ0v) is 14.6. The number of hydrogen-bond donors (Lipinski definition) is 0. The maximum Gasteiger partial charge on any atom is 0.339 e. The first-order chi connectivity index (χ1) is 11.5. The molecular formula is C17H17ClO5S. The molecular weight excluding hydrogens is 352 g/mol. The van der Waals surface area contributed by atoms with Crippen LogP contribution in [0, 0.1) is 0 Å². The molecule has 0 unspecified atom stereocenters. The lowest BCUT2D eigenvalue weighted by Crippen LogP contribution is -2.10. The second kappa shape index (κ2) is 8.17. The number of rotatable bonds is 7. The van der Waals surface area contributed by atoms with Crippen LogP contribution in [0.3, 0.4) is 0 Å². The minimum absolute atomic E-state index is 0.0422. The second-order valence-corrected chi connectivity index (χ2v) is 6.92. The summed E-state index contributed by atoms with van der Waals surface area (Å²) in [5, 5.41) is 0. The minimum atomic E-state index is -3.98. The summed E-state index contributed by atoms with van der Waals surface area (Å²) in [5.41, 5.74) is 1.21. The zero-order chi connectivity index (χ0) is 17.6. The Bertz CT molecular complexity index is 800. The summed E-state index contributed by atoms with van der Waals surface area (Å²) in [6.45, 7) is 0. The Morgan fingerprint density at radius 3 is 2.46 bits per heavy atom. The highest BCUT2D eigenvalue weighted by atomic mass is 35.5. The third kappa shape index (κ3) is 4.72. The van der Waals surface area contributed by atoms with Crippen molar-refractivity contribution in [1.29, 1.82) is 0 Å². The SMILES string of the molecule is COC(=O)c1cccc(OS(=O)(=O)c2ccc(CCCCl)cc2)c1. The van der Waals surface area contributed by atoms with Gasteiger partial charge in [-0.2, -0.15) is 8.42 Å². The van der Waals surface area contributed by atoms with Gasteiger partial charge in [0.1, 0.15) is 10.6 Å². The van der Waals surface area contributed by atoms with Crippen molar-refractivity contribution in [3.8, 4) is 5.75 Å². The van der Waals surface area contributed by atoms with Gasteiger partial charge < -0.3 is 8.92 Å². The van der Waals surface area contributed by atoms with Crippen LogP contribution in [0.25, 0.3) is 0 Å². The molecule has 24 heavy (non-hydrogen) atoms. The Labute approximate surface area is 146 Å². The molecule has 0 aliphatic rings. The van der Waals surface area contributed by atoms with Gasteiger partial charge in [-0.1, -0.05) is 18.2 Å². The van der Waals surface area contributed by atoms with Crippen molar-refractivity contribution in [2.75, 3.05) is 13.0 Å². The smallest absolute Gasteiger partial charge is 0.339 e. The van der Waals surface area contributed by atoms with Crippen molar-refractivity contribution in [3.63, 3.8) is 0 Å². The van der Waals surface area contributed by atoms with Crippen LogP contribution in [0.1, 0.15) is 22.3 Å². The molecule has 5 nitrogen and oxygen atoms in total. The minimum Gasteiger partial charge on any atom is -0.465 e. The van der Waals surface area contributed by atoms with E-state index < -0.39 is 16.1 Å². The van der Waals surface area contributed by atoms with Crippen molar-refractivity contribution >= 4 is 27.7 Å². The third-order valence-electron chi connectivity index (χ3n) is 3.27. The quantitative estimate of drug-likeness (QED) is 0.425. The lowest BCUT2D eigenvalue weighted by molar-refractivity contribution is 0.0600. The van der Waals surface area contributed by atoms with Gasteiger partial charge in [0.05, 0.1) is 12.7 Å². The molecule has 0 spiro atoms. The summed E-state index contributed by atoms with van der Waals surface area (Å²) in [4.78, 5) is 11.5. The van der Waals surface area contributed by atoms with Gasteiger partial charge in [-0.25, -0.2) is 4.79 Å². The summed E-state index contributed by atoms with van der Waals surface area (Å²) < 4.78 is 34.3. The van der Waals surface area contributed by atoms with Crippen LogP contribution in [-0.4, -0.2) is 27.4 Å². The molecule has 0 amide bonds. The molecule has 0 aromatic heterocycles. The highest BCUT2D eigenvalue weighted by Crippen LogP contribution is 2.21. The summed E-state index contributed by atoms with van der Waals surface area (Å²) >= 11 is 5.64. The normalized spacial score (nSPS) is 11.1. The topological polar surface area (TPSA) is 69.7 Å². The molecule has 0 radical (unpaired) electrons. The zero-order valence-electron chi connectivity index (χ0n) is 13.1. The summed E-state index contributed by atoms with van der Waals surface area (Å²) in [6.07, 6.45) is 1.61. The van der Waals surface area contributed by atoms with Crippen molar-refractivity contribution in [2.24, 2.45) is 0 Å². The predicted octanol–water partition coefficient (Wildman–Crippen LogP) is 3.41. The lowest BCUT2D eigenvalue weighted by Gasteiger charge is -2.09. The number of alkyl halides is 1. The van der Waals surface area contributed by atoms with E-state index in [1.807, 2.05) is 0 Å². The largest absolute Gasteiger partial charge is 0.465 e. The number of benzene rings is 2. The average molecular weight is 369 g/mol. The van der Waals surface area contributed by atoms with Gasteiger partial charge in [0.25, 0.3) is 0 Å². The number of methoxy groups -OCH3 is 1. The van der Waals surface area contributed by atoms with E-state index in [1.165, 1.54) is 43.5 Å². The second-order valence-electron chi connectivity index (χ2n) is 4.99. The van der Waals surface area contributed by atoms with E-state index in [4.69, 9.17) is 15.8 Å². The summed E-state index contributed by atoms with van der Waals surface area (Å²) in [5.74, 6) is 0.0327. The number of carbonyl (C=O) groups excluding carboxylic acids is 1. The van der Waals surface area contributed by atoms with Crippen LogP contribution in [0.2, 0.25) is 0 Å². The lowest BCUT2D eigenvalue weighted by atomic mass is 10.1. The van der Waals surface area contributed by atoms with Crippen molar-refractivity contribution in [1.82, 2.24) is 0 Å². The van der Waals surface area contributed by atoms with Crippen molar-refractivity contribution in [2.45, 2.75) is 17.7 Å². The molecule has 0 atom stereocenters. The molecule has 0 N–H and O–H groups in total. The van der Waals surface area contributed by atoms with Crippen LogP contribution in [0.15, 0.2) is 53.4 Å². The molecule has 0 saturated heterocycles. The molecule has 7 heteroatoms. The molecule has 2 aromatic carbocycles. The van der Waals surface area contributed by atoms with E-state index in [0.29, 0.717) is 5.88 Å². The number of ether oxygens (including phenoxy) is 1. The average Bonchev–Trinajstić information content (AvgIpc) is 2.59. The molecule has 2 rings (SSSR count). The van der Waals surface area contributed by atoms with Crippen LogP contribution in [-0.2, 0) is 21.3 Å².